The molecule has 190 valence electrons. The zero-order valence-electron chi connectivity index (χ0n) is 16.6. The maximum absolute atomic E-state index is 13.9. The number of H-pyrrole nitrogens is 1. The molecule has 1 aliphatic heterocycles. The number of alkyl halides is 2. The monoisotopic (exact) mass is 578 g/mol. The number of halogens is 2. The summed E-state index contributed by atoms with van der Waals surface area (Å²) in [7, 11) is -13.5. The molecule has 15 nitrogen and oxygen atoms in total. The number of rotatable bonds is 9. The van der Waals surface area contributed by atoms with Crippen molar-refractivity contribution in [3.05, 3.63) is 33.1 Å². The second kappa shape index (κ2) is 9.65. The average Bonchev–Trinajstić information content (AvgIpc) is 2.83. The molecule has 2 heterocycles. The number of aromatic nitrogens is 2. The van der Waals surface area contributed by atoms with Gasteiger partial charge in [-0.2, -0.15) is 4.31 Å². The molecule has 3 unspecified atom stereocenters. The minimum Gasteiger partial charge on any atom is -0.388 e. The van der Waals surface area contributed by atoms with Crippen molar-refractivity contribution in [2.24, 2.45) is 0 Å². The van der Waals surface area contributed by atoms with Crippen molar-refractivity contribution in [2.75, 3.05) is 6.67 Å². The van der Waals surface area contributed by atoms with Gasteiger partial charge in [-0.25, -0.2) is 22.6 Å². The topological polar surface area (TPSA) is 227 Å². The van der Waals surface area contributed by atoms with Gasteiger partial charge in [-0.15, -0.1) is 11.6 Å². The van der Waals surface area contributed by atoms with Crippen LogP contribution in [0.2, 0.25) is 0 Å². The highest BCUT2D eigenvalue weighted by Gasteiger charge is 2.62. The van der Waals surface area contributed by atoms with Crippen LogP contribution in [0.15, 0.2) is 21.9 Å². The second-order valence-electron chi connectivity index (χ2n) is 7.27. The third-order valence-corrected chi connectivity index (χ3v) is 9.57. The summed E-state index contributed by atoms with van der Waals surface area (Å²) in [4.78, 5) is 60.3. The summed E-state index contributed by atoms with van der Waals surface area (Å²) in [6.07, 6.45) is -4.59. The third kappa shape index (κ3) is 6.91. The lowest BCUT2D eigenvalue weighted by Gasteiger charge is -2.34. The zero-order chi connectivity index (χ0) is 25.6. The standard InChI is InChI=1S/C12H20ClFN2O13P4/c1-11(2,27-31(20,21)28-32(22,23)29-33(24,25)30)8-7(18)12(13,5-14)9(26-8)16-4-3-6(17)15-10(16)19/h3-4,7-9,18,24-25,30H,5H2,1-2H3,(H,20,21)(H,22,23)(H,15,17,19)/t7-,8-,9+,12?/m0/s1. The van der Waals surface area contributed by atoms with Crippen LogP contribution >= 0.6 is 43.0 Å². The third-order valence-electron chi connectivity index (χ3n) is 4.23. The van der Waals surface area contributed by atoms with E-state index in [9.17, 15) is 38.0 Å². The Morgan fingerprint density at radius 3 is 2.33 bits per heavy atom. The van der Waals surface area contributed by atoms with Crippen LogP contribution in [0.4, 0.5) is 4.39 Å². The first-order valence-electron chi connectivity index (χ1n) is 8.51. The lowest BCUT2D eigenvalue weighted by atomic mass is 9.91. The summed E-state index contributed by atoms with van der Waals surface area (Å²) < 4.78 is 56.7. The number of nitrogens with zero attached hydrogens (tertiary/aromatic N) is 1. The Morgan fingerprint density at radius 1 is 1.27 bits per heavy atom. The highest BCUT2D eigenvalue weighted by molar-refractivity contribution is 7.91. The molecule has 6 N–H and O–H groups in total. The van der Waals surface area contributed by atoms with E-state index in [0.717, 1.165) is 26.1 Å². The number of ether oxygens (including phenoxy) is 1. The molecular weight excluding hydrogens is 558 g/mol. The molecule has 0 amide bonds. The quantitative estimate of drug-likeness (QED) is 0.174. The Labute approximate surface area is 191 Å². The van der Waals surface area contributed by atoms with Gasteiger partial charge in [-0.05, 0) is 22.4 Å². The minimum atomic E-state index is -5.58. The highest BCUT2D eigenvalue weighted by atomic mass is 35.5. The van der Waals surface area contributed by atoms with Crippen molar-refractivity contribution in [3.63, 3.8) is 0 Å². The Bertz CT molecular complexity index is 1150. The molecule has 1 saturated heterocycles. The second-order valence-corrected chi connectivity index (χ2v) is 14.2. The largest absolute Gasteiger partial charge is 0.488 e. The molecule has 33 heavy (non-hydrogen) atoms. The maximum atomic E-state index is 13.9. The van der Waals surface area contributed by atoms with Crippen LogP contribution in [0.1, 0.15) is 20.1 Å². The first kappa shape index (κ1) is 29.0. The predicted molar refractivity (Wildman–Crippen MR) is 112 cm³/mol. The fourth-order valence-corrected chi connectivity index (χ4v) is 7.59. The van der Waals surface area contributed by atoms with Crippen molar-refractivity contribution in [2.45, 2.75) is 42.8 Å². The smallest absolute Gasteiger partial charge is 0.388 e. The van der Waals surface area contributed by atoms with Gasteiger partial charge in [-0.3, -0.25) is 18.9 Å². The lowest BCUT2D eigenvalue weighted by Crippen LogP contribution is -2.50. The number of nitrogens with one attached hydrogen (secondary N) is 1. The normalized spacial score (nSPS) is 30.0. The molecule has 21 heteroatoms. The van der Waals surface area contributed by atoms with Gasteiger partial charge >= 0.3 is 21.3 Å². The van der Waals surface area contributed by atoms with Gasteiger partial charge in [0.15, 0.2) is 6.23 Å². The van der Waals surface area contributed by atoms with Crippen LogP contribution in [-0.2, 0) is 27.0 Å². The summed E-state index contributed by atoms with van der Waals surface area (Å²) >= 11 is 6.19. The Hall–Kier alpha value is -0.270. The molecule has 1 aromatic heterocycles. The highest BCUT2D eigenvalue weighted by Crippen LogP contribution is 2.68. The van der Waals surface area contributed by atoms with Crippen LogP contribution in [0, 0.1) is 0 Å². The molecule has 2 rings (SSSR count). The van der Waals surface area contributed by atoms with Gasteiger partial charge in [-0.1, -0.05) is 0 Å². The van der Waals surface area contributed by atoms with E-state index in [-0.39, 0.29) is 0 Å². The van der Waals surface area contributed by atoms with E-state index >= 15 is 0 Å². The number of aliphatic hydroxyl groups excluding tert-OH is 1. The summed E-state index contributed by atoms with van der Waals surface area (Å²) in [6, 6.07) is 0.894. The number of hydrogen-bond acceptors (Lipinski definition) is 9. The first-order chi connectivity index (χ1) is 14.7. The molecule has 1 fully saturated rings. The van der Waals surface area contributed by atoms with E-state index < -0.39 is 69.7 Å². The van der Waals surface area contributed by atoms with Gasteiger partial charge in [0.25, 0.3) is 12.8 Å². The van der Waals surface area contributed by atoms with E-state index in [0.29, 0.717) is 4.57 Å². The van der Waals surface area contributed by atoms with Crippen molar-refractivity contribution in [3.8, 4) is 0 Å². The van der Waals surface area contributed by atoms with Crippen LogP contribution in [0.3, 0.4) is 0 Å². The fraction of sp³-hybridized carbons (Fsp3) is 0.667. The number of phosphoric ester groups is 1. The molecule has 6 atom stereocenters. The van der Waals surface area contributed by atoms with Crippen LogP contribution in [-0.4, -0.2) is 63.6 Å². The SMILES string of the molecule is CC(C)(OP(=O)(O)OP(=O)(O)OP(O)(O)=P)[C@H]1O[C@@H](n2ccc(=O)[nH]c2=O)C(Cl)(CF)[C@H]1O. The Kier molecular flexibility index (Phi) is 8.47. The minimum absolute atomic E-state index is 0.666. The summed E-state index contributed by atoms with van der Waals surface area (Å²) in [5, 5.41) is 10.6. The lowest BCUT2D eigenvalue weighted by molar-refractivity contribution is -0.118. The summed E-state index contributed by atoms with van der Waals surface area (Å²) in [5.41, 5.74) is -3.98. The van der Waals surface area contributed by atoms with Crippen molar-refractivity contribution in [1.82, 2.24) is 9.55 Å². The van der Waals surface area contributed by atoms with Crippen LogP contribution in [0.5, 0.6) is 0 Å². The number of hydrogen-bond donors (Lipinski definition) is 6. The van der Waals surface area contributed by atoms with Gasteiger partial charge < -0.3 is 29.4 Å². The van der Waals surface area contributed by atoms with Gasteiger partial charge in [0.05, 0.1) is 0 Å². The predicted octanol–water partition coefficient (Wildman–Crippen LogP) is 0.576. The molecule has 1 aliphatic rings. The van der Waals surface area contributed by atoms with Crippen molar-refractivity contribution < 1.29 is 56.1 Å². The molecule has 1 aromatic rings. The van der Waals surface area contributed by atoms with Crippen LogP contribution < -0.4 is 11.2 Å². The summed E-state index contributed by atoms with van der Waals surface area (Å²) in [5.74, 6) is 0. The average molecular weight is 579 g/mol. The maximum Gasteiger partial charge on any atom is 0.488 e. The first-order valence-corrected chi connectivity index (χ1v) is 14.8. The molecule has 0 aliphatic carbocycles. The molecule has 0 spiro atoms. The Morgan fingerprint density at radius 2 is 1.85 bits per heavy atom. The molecular formula is C12H20ClFN2O13P4. The molecule has 0 saturated carbocycles. The fourth-order valence-electron chi connectivity index (χ4n) is 2.98. The summed E-state index contributed by atoms with van der Waals surface area (Å²) in [6.45, 7) is 0.585. The zero-order valence-corrected chi connectivity index (χ0v) is 21.1. The van der Waals surface area contributed by atoms with Gasteiger partial charge in [0, 0.05) is 12.3 Å². The Balaban J connectivity index is 2.35. The molecule has 0 aromatic carbocycles. The van der Waals surface area contributed by atoms with Crippen molar-refractivity contribution in [1.29, 1.82) is 0 Å². The van der Waals surface area contributed by atoms with E-state index in [1.54, 1.807) is 0 Å². The number of aromatic amines is 1. The van der Waals surface area contributed by atoms with Crippen LogP contribution in [0.25, 0.3) is 0 Å². The molecule has 0 bridgehead atoms. The molecule has 0 radical (unpaired) electrons. The van der Waals surface area contributed by atoms with E-state index in [4.69, 9.17) is 30.6 Å². The van der Waals surface area contributed by atoms with Crippen molar-refractivity contribution >= 4 is 43.0 Å². The van der Waals surface area contributed by atoms with Gasteiger partial charge in [0.1, 0.15) is 29.4 Å². The van der Waals surface area contributed by atoms with E-state index in [1.807, 2.05) is 4.98 Å². The number of aliphatic hydroxyl groups is 1. The number of phosphoric acid groups is 2. The van der Waals surface area contributed by atoms with Gasteiger partial charge in [0.2, 0.25) is 0 Å². The van der Waals surface area contributed by atoms with E-state index in [1.165, 1.54) is 0 Å². The van der Waals surface area contributed by atoms with E-state index in [2.05, 4.69) is 17.1 Å².